The molecule has 16 heteroatoms. The second kappa shape index (κ2) is 35.8. The summed E-state index contributed by atoms with van der Waals surface area (Å²) in [5.41, 5.74) is 5.81. The van der Waals surface area contributed by atoms with Gasteiger partial charge in [0.25, 0.3) is 5.91 Å². The number of rotatable bonds is 38. The molecule has 0 saturated heterocycles. The van der Waals surface area contributed by atoms with Crippen LogP contribution in [0.5, 0.6) is 0 Å². The van der Waals surface area contributed by atoms with Gasteiger partial charge in [0, 0.05) is 68.6 Å². The second-order valence-electron chi connectivity index (χ2n) is 16.1. The normalized spacial score (nSPS) is 11.2. The monoisotopic (exact) mass is 931 g/mol. The van der Waals surface area contributed by atoms with Gasteiger partial charge in [-0.2, -0.15) is 0 Å². The number of carbonyl (C=O) groups excluding carboxylic acids is 4. The van der Waals surface area contributed by atoms with E-state index in [9.17, 15) is 19.2 Å². The maximum atomic E-state index is 14.2. The first-order valence-electron chi connectivity index (χ1n) is 23.0. The van der Waals surface area contributed by atoms with Crippen molar-refractivity contribution in [3.8, 4) is 48.2 Å². The van der Waals surface area contributed by atoms with Gasteiger partial charge in [0.1, 0.15) is 19.8 Å². The van der Waals surface area contributed by atoms with Gasteiger partial charge >= 0.3 is 0 Å². The maximum Gasteiger partial charge on any atom is 0.251 e. The molecule has 0 aromatic heterocycles. The van der Waals surface area contributed by atoms with Crippen molar-refractivity contribution in [2.75, 3.05) is 98.9 Å². The van der Waals surface area contributed by atoms with Crippen molar-refractivity contribution < 1.29 is 47.6 Å². The average Bonchev–Trinajstić information content (AvgIpc) is 3.32. The van der Waals surface area contributed by atoms with Crippen LogP contribution in [0, 0.1) is 37.0 Å². The summed E-state index contributed by atoms with van der Waals surface area (Å²) in [5.74, 6) is 5.91. The Bertz CT molecular complexity index is 1720. The number of hydrogen-bond acceptors (Lipinski definition) is 12. The van der Waals surface area contributed by atoms with E-state index in [1.165, 1.54) is 0 Å². The molecule has 0 unspecified atom stereocenters. The quantitative estimate of drug-likeness (QED) is 0.0375. The molecule has 2 aromatic rings. The van der Waals surface area contributed by atoms with E-state index in [0.29, 0.717) is 63.8 Å². The molecule has 0 heterocycles. The molecule has 4 amide bonds. The minimum atomic E-state index is -1.15. The minimum absolute atomic E-state index is 0.00258. The van der Waals surface area contributed by atoms with Gasteiger partial charge in [0.15, 0.2) is 0 Å². The van der Waals surface area contributed by atoms with Crippen LogP contribution in [0.3, 0.4) is 0 Å². The molecule has 0 bridgehead atoms. The molecule has 0 spiro atoms. The molecule has 368 valence electrons. The fourth-order valence-electron chi connectivity index (χ4n) is 6.81. The van der Waals surface area contributed by atoms with Gasteiger partial charge < -0.3 is 49.7 Å². The van der Waals surface area contributed by atoms with E-state index < -0.39 is 11.4 Å². The van der Waals surface area contributed by atoms with Crippen molar-refractivity contribution in [3.63, 3.8) is 0 Å². The van der Waals surface area contributed by atoms with Crippen molar-refractivity contribution in [2.24, 2.45) is 0 Å². The Morgan fingerprint density at radius 2 is 0.896 bits per heavy atom. The molecule has 0 radical (unpaired) electrons. The second-order valence-corrected chi connectivity index (χ2v) is 16.1. The molecule has 67 heavy (non-hydrogen) atoms. The summed E-state index contributed by atoms with van der Waals surface area (Å²) >= 11 is 0. The van der Waals surface area contributed by atoms with E-state index in [1.807, 2.05) is 12.1 Å². The molecule has 0 aliphatic heterocycles. The smallest absolute Gasteiger partial charge is 0.251 e. The highest BCUT2D eigenvalue weighted by Gasteiger charge is 2.34. The minimum Gasteiger partial charge on any atom is -0.377 e. The van der Waals surface area contributed by atoms with Crippen LogP contribution in [0.25, 0.3) is 11.1 Å². The number of hydrazine groups is 1. The summed E-state index contributed by atoms with van der Waals surface area (Å²) in [6, 6.07) is 16.2. The predicted octanol–water partition coefficient (Wildman–Crippen LogP) is 3.63. The summed E-state index contributed by atoms with van der Waals surface area (Å²) in [6.45, 7) is 13.3. The maximum absolute atomic E-state index is 14.2. The Morgan fingerprint density at radius 3 is 1.25 bits per heavy atom. The van der Waals surface area contributed by atoms with Gasteiger partial charge in [0.05, 0.1) is 59.5 Å². The van der Waals surface area contributed by atoms with Crippen molar-refractivity contribution in [1.82, 2.24) is 31.7 Å². The van der Waals surface area contributed by atoms with E-state index in [1.54, 1.807) is 12.1 Å². The summed E-state index contributed by atoms with van der Waals surface area (Å²) in [4.78, 5) is 53.9. The molecule has 0 aliphatic rings. The largest absolute Gasteiger partial charge is 0.377 e. The van der Waals surface area contributed by atoms with Gasteiger partial charge in [-0.3, -0.25) is 24.6 Å². The van der Waals surface area contributed by atoms with Crippen LogP contribution in [0.1, 0.15) is 82.1 Å². The summed E-state index contributed by atoms with van der Waals surface area (Å²) in [5, 5.41) is 14.0. The van der Waals surface area contributed by atoms with Crippen molar-refractivity contribution >= 4 is 23.6 Å². The Hall–Kier alpha value is -5.32. The Labute approximate surface area is 399 Å². The molecule has 2 rings (SSSR count). The van der Waals surface area contributed by atoms with Crippen molar-refractivity contribution in [3.05, 3.63) is 59.7 Å². The summed E-state index contributed by atoms with van der Waals surface area (Å²) in [7, 11) is 0. The highest BCUT2D eigenvalue weighted by Crippen LogP contribution is 2.28. The average molecular weight is 931 g/mol. The lowest BCUT2D eigenvalue weighted by Crippen LogP contribution is -2.50. The number of terminal acetylenes is 3. The van der Waals surface area contributed by atoms with Gasteiger partial charge in [-0.1, -0.05) is 54.2 Å². The number of benzene rings is 2. The SMILES string of the molecule is C#CCOCCOCCNC(=O)CCC(CCC(=O)NCCOCCOCC#C)(CCC(=O)NCCOCCOCC#C)NC(=O)c1ccc(-c2ccc(CNN(C(C)C)C(C)C)cc2)cc1. The lowest BCUT2D eigenvalue weighted by atomic mass is 9.82. The lowest BCUT2D eigenvalue weighted by Gasteiger charge is -2.35. The fraction of sp³-hybridized carbons (Fsp3) is 0.569. The van der Waals surface area contributed by atoms with E-state index in [0.717, 1.165) is 16.7 Å². The third kappa shape index (κ3) is 26.6. The van der Waals surface area contributed by atoms with Crippen LogP contribution in [0.15, 0.2) is 48.5 Å². The third-order valence-corrected chi connectivity index (χ3v) is 10.3. The molecular formula is C51H74N6O10. The lowest BCUT2D eigenvalue weighted by molar-refractivity contribution is -0.121. The number of ether oxygens (including phenoxy) is 6. The van der Waals surface area contributed by atoms with E-state index >= 15 is 0 Å². The first kappa shape index (κ1) is 57.8. The molecule has 16 nitrogen and oxygen atoms in total. The van der Waals surface area contributed by atoms with E-state index in [2.05, 4.69) is 101 Å². The third-order valence-electron chi connectivity index (χ3n) is 10.3. The number of carbonyl (C=O) groups is 4. The van der Waals surface area contributed by atoms with Crippen LogP contribution >= 0.6 is 0 Å². The van der Waals surface area contributed by atoms with Gasteiger partial charge in [-0.25, -0.2) is 5.01 Å². The summed E-state index contributed by atoms with van der Waals surface area (Å²) < 4.78 is 32.2. The number of nitrogens with one attached hydrogen (secondary N) is 5. The zero-order valence-electron chi connectivity index (χ0n) is 40.1. The van der Waals surface area contributed by atoms with E-state index in [4.69, 9.17) is 47.7 Å². The highest BCUT2D eigenvalue weighted by molar-refractivity contribution is 5.95. The predicted molar refractivity (Wildman–Crippen MR) is 259 cm³/mol. The van der Waals surface area contributed by atoms with Gasteiger partial charge in [0.2, 0.25) is 17.7 Å². The first-order valence-corrected chi connectivity index (χ1v) is 23.0. The van der Waals surface area contributed by atoms with Crippen LogP contribution in [-0.4, -0.2) is 145 Å². The zero-order chi connectivity index (χ0) is 49.0. The number of amides is 4. The molecular weight excluding hydrogens is 857 g/mol. The van der Waals surface area contributed by atoms with Gasteiger partial charge in [-0.05, 0) is 75.8 Å². The van der Waals surface area contributed by atoms with Crippen LogP contribution in [-0.2, 0) is 49.3 Å². The highest BCUT2D eigenvalue weighted by atomic mass is 16.5. The Kier molecular flexibility index (Phi) is 30.9. The van der Waals surface area contributed by atoms with Gasteiger partial charge in [-0.15, -0.1) is 19.3 Å². The Morgan fingerprint density at radius 1 is 0.537 bits per heavy atom. The molecule has 2 aromatic carbocycles. The van der Waals surface area contributed by atoms with Crippen molar-refractivity contribution in [1.29, 1.82) is 0 Å². The van der Waals surface area contributed by atoms with Crippen LogP contribution in [0.4, 0.5) is 0 Å². The Balaban J connectivity index is 2.25. The summed E-state index contributed by atoms with van der Waals surface area (Å²) in [6.07, 6.45) is 16.0. The molecule has 5 N–H and O–H groups in total. The first-order chi connectivity index (χ1) is 32.4. The molecule has 0 saturated carbocycles. The molecule has 0 fully saturated rings. The van der Waals surface area contributed by atoms with Crippen LogP contribution in [0.2, 0.25) is 0 Å². The number of hydrogen-bond donors (Lipinski definition) is 5. The van der Waals surface area contributed by atoms with Crippen LogP contribution < -0.4 is 26.7 Å². The van der Waals surface area contributed by atoms with E-state index in [-0.39, 0.29) is 116 Å². The molecule has 0 aliphatic carbocycles. The fourth-order valence-corrected chi connectivity index (χ4v) is 6.81. The molecule has 0 atom stereocenters. The number of nitrogens with zero attached hydrogens (tertiary/aromatic N) is 1. The zero-order valence-corrected chi connectivity index (χ0v) is 40.1. The van der Waals surface area contributed by atoms with Crippen molar-refractivity contribution in [2.45, 2.75) is 90.4 Å². The standard InChI is InChI=1S/C51H74N6O10/c1-8-28-62-34-37-65-31-25-52-47(58)19-22-51(23-20-48(59)53-26-32-66-38-35-63-29-9-2,24-21-49(60)54-27-33-67-39-36-64-30-10-3)56-50(61)46-17-15-45(16-18-46)44-13-11-43(12-14-44)40-55-57(41(4)5)42(6)7/h1-3,11-18,41-42,55H,19-40H2,4-7H3,(H,52,58)(H,53,59)(H,54,60)(H,56,61). The topological polar surface area (TPSA) is 187 Å².